The van der Waals surface area contributed by atoms with E-state index in [1.165, 1.54) is 0 Å². The molecule has 7 heteroatoms. The summed E-state index contributed by atoms with van der Waals surface area (Å²) in [4.78, 5) is 21.0. The fraction of sp³-hybridized carbons (Fsp3) is 0.750. The van der Waals surface area contributed by atoms with E-state index < -0.39 is 6.43 Å². The lowest BCUT2D eigenvalue weighted by molar-refractivity contribution is 0.0676. The lowest BCUT2D eigenvalue weighted by atomic mass is 10.1. The SMILES string of the molecule is CC1CCN(C)CCN1C(=O)c1c(C(F)F)nc2n1CCCC2. The number of hydrogen-bond donors (Lipinski definition) is 0. The summed E-state index contributed by atoms with van der Waals surface area (Å²) in [5.74, 6) is 0.346. The molecule has 0 aromatic carbocycles. The zero-order valence-electron chi connectivity index (χ0n) is 13.8. The van der Waals surface area contributed by atoms with Crippen molar-refractivity contribution in [2.45, 2.75) is 51.6 Å². The van der Waals surface area contributed by atoms with Crippen LogP contribution in [-0.4, -0.2) is 58.0 Å². The number of hydrogen-bond acceptors (Lipinski definition) is 3. The van der Waals surface area contributed by atoms with Crippen LogP contribution in [0.1, 0.15) is 54.6 Å². The van der Waals surface area contributed by atoms with Crippen LogP contribution in [-0.2, 0) is 13.0 Å². The summed E-state index contributed by atoms with van der Waals surface area (Å²) in [5.41, 5.74) is -0.220. The highest BCUT2D eigenvalue weighted by atomic mass is 19.3. The van der Waals surface area contributed by atoms with E-state index in [9.17, 15) is 13.6 Å². The van der Waals surface area contributed by atoms with Crippen molar-refractivity contribution in [3.05, 3.63) is 17.2 Å². The van der Waals surface area contributed by atoms with Crippen LogP contribution in [0.2, 0.25) is 0 Å². The van der Waals surface area contributed by atoms with Gasteiger partial charge in [0.05, 0.1) is 0 Å². The molecule has 1 atom stereocenters. The summed E-state index contributed by atoms with van der Waals surface area (Å²) in [7, 11) is 2.02. The van der Waals surface area contributed by atoms with Crippen LogP contribution in [0.3, 0.4) is 0 Å². The van der Waals surface area contributed by atoms with Crippen LogP contribution in [0, 0.1) is 0 Å². The quantitative estimate of drug-likeness (QED) is 0.837. The first-order chi connectivity index (χ1) is 11.0. The Morgan fingerprint density at radius 3 is 2.74 bits per heavy atom. The number of aromatic nitrogens is 2. The second-order valence-corrected chi connectivity index (χ2v) is 6.61. The van der Waals surface area contributed by atoms with Gasteiger partial charge in [-0.05, 0) is 39.8 Å². The first-order valence-corrected chi connectivity index (χ1v) is 8.36. The van der Waals surface area contributed by atoms with Gasteiger partial charge in [-0.1, -0.05) is 0 Å². The van der Waals surface area contributed by atoms with Gasteiger partial charge in [0.25, 0.3) is 12.3 Å². The number of amides is 1. The van der Waals surface area contributed by atoms with E-state index in [4.69, 9.17) is 0 Å². The second kappa shape index (κ2) is 6.55. The monoisotopic (exact) mass is 326 g/mol. The van der Waals surface area contributed by atoms with E-state index in [1.807, 2.05) is 14.0 Å². The number of halogens is 2. The first kappa shape index (κ1) is 16.4. The molecule has 1 amide bonds. The Bertz CT molecular complexity index is 587. The minimum absolute atomic E-state index is 0.0488. The summed E-state index contributed by atoms with van der Waals surface area (Å²) in [6.45, 7) is 4.85. The van der Waals surface area contributed by atoms with Crippen molar-refractivity contribution in [2.24, 2.45) is 0 Å². The maximum Gasteiger partial charge on any atom is 0.282 e. The maximum absolute atomic E-state index is 13.4. The average Bonchev–Trinajstić information content (AvgIpc) is 2.84. The summed E-state index contributed by atoms with van der Waals surface area (Å²) in [6, 6.07) is 0.0488. The van der Waals surface area contributed by atoms with Gasteiger partial charge >= 0.3 is 0 Å². The molecule has 0 bridgehead atoms. The predicted molar refractivity (Wildman–Crippen MR) is 82.7 cm³/mol. The van der Waals surface area contributed by atoms with Gasteiger partial charge in [-0.25, -0.2) is 13.8 Å². The number of nitrogens with zero attached hydrogens (tertiary/aromatic N) is 4. The third-order valence-corrected chi connectivity index (χ3v) is 4.96. The molecule has 0 aliphatic carbocycles. The molecule has 1 aromatic rings. The molecule has 3 heterocycles. The first-order valence-electron chi connectivity index (χ1n) is 8.36. The van der Waals surface area contributed by atoms with E-state index in [-0.39, 0.29) is 23.3 Å². The summed E-state index contributed by atoms with van der Waals surface area (Å²) in [5, 5.41) is 0. The van der Waals surface area contributed by atoms with Gasteiger partial charge in [-0.2, -0.15) is 0 Å². The van der Waals surface area contributed by atoms with Gasteiger partial charge in [-0.3, -0.25) is 4.79 Å². The molecule has 2 aliphatic rings. The van der Waals surface area contributed by atoms with Crippen LogP contribution in [0.5, 0.6) is 0 Å². The molecule has 1 fully saturated rings. The Balaban J connectivity index is 1.96. The molecule has 128 valence electrons. The molecule has 23 heavy (non-hydrogen) atoms. The Morgan fingerprint density at radius 2 is 2.00 bits per heavy atom. The maximum atomic E-state index is 13.4. The standard InChI is InChI=1S/C16H24F2N4O/c1-11-6-8-20(2)9-10-21(11)16(23)14-13(15(17)18)19-12-5-3-4-7-22(12)14/h11,15H,3-10H2,1-2H3. The van der Waals surface area contributed by atoms with Crippen molar-refractivity contribution in [3.63, 3.8) is 0 Å². The van der Waals surface area contributed by atoms with Crippen LogP contribution >= 0.6 is 0 Å². The minimum Gasteiger partial charge on any atom is -0.333 e. The van der Waals surface area contributed by atoms with Crippen LogP contribution in [0.4, 0.5) is 8.78 Å². The minimum atomic E-state index is -2.71. The van der Waals surface area contributed by atoms with Crippen molar-refractivity contribution in [3.8, 4) is 0 Å². The van der Waals surface area contributed by atoms with Gasteiger partial charge in [0.15, 0.2) is 0 Å². The van der Waals surface area contributed by atoms with Crippen molar-refractivity contribution in [1.82, 2.24) is 19.4 Å². The molecule has 1 unspecified atom stereocenters. The summed E-state index contributed by atoms with van der Waals surface area (Å²) in [6.07, 6.45) is 0.665. The van der Waals surface area contributed by atoms with E-state index in [2.05, 4.69) is 9.88 Å². The second-order valence-electron chi connectivity index (χ2n) is 6.61. The van der Waals surface area contributed by atoms with Crippen LogP contribution in [0.25, 0.3) is 0 Å². The number of aryl methyl sites for hydroxylation is 1. The molecule has 0 spiro atoms. The van der Waals surface area contributed by atoms with Gasteiger partial charge < -0.3 is 14.4 Å². The highest BCUT2D eigenvalue weighted by Gasteiger charge is 2.34. The van der Waals surface area contributed by atoms with Gasteiger partial charge in [0, 0.05) is 32.1 Å². The number of alkyl halides is 2. The summed E-state index contributed by atoms with van der Waals surface area (Å²) < 4.78 is 28.6. The third kappa shape index (κ3) is 3.11. The normalized spacial score (nSPS) is 23.0. The molecular weight excluding hydrogens is 302 g/mol. The number of carbonyl (C=O) groups is 1. The fourth-order valence-electron chi connectivity index (χ4n) is 3.49. The van der Waals surface area contributed by atoms with E-state index in [0.717, 1.165) is 32.4 Å². The Labute approximate surface area is 135 Å². The largest absolute Gasteiger partial charge is 0.333 e. The molecular formula is C16H24F2N4O. The van der Waals surface area contributed by atoms with Crippen molar-refractivity contribution in [2.75, 3.05) is 26.7 Å². The fourth-order valence-corrected chi connectivity index (χ4v) is 3.49. The van der Waals surface area contributed by atoms with E-state index in [1.54, 1.807) is 9.47 Å². The molecule has 5 nitrogen and oxygen atoms in total. The Hall–Kier alpha value is -1.50. The van der Waals surface area contributed by atoms with Gasteiger partial charge in [0.1, 0.15) is 17.2 Å². The zero-order chi connectivity index (χ0) is 16.6. The zero-order valence-corrected chi connectivity index (χ0v) is 13.8. The molecule has 0 radical (unpaired) electrons. The van der Waals surface area contributed by atoms with Gasteiger partial charge in [0.2, 0.25) is 0 Å². The van der Waals surface area contributed by atoms with Crippen molar-refractivity contribution in [1.29, 1.82) is 0 Å². The average molecular weight is 326 g/mol. The molecule has 0 saturated carbocycles. The molecule has 1 saturated heterocycles. The predicted octanol–water partition coefficient (Wildman–Crippen LogP) is 2.32. The number of likely N-dealkylation sites (N-methyl/N-ethyl adjacent to an activating group) is 1. The van der Waals surface area contributed by atoms with Gasteiger partial charge in [-0.15, -0.1) is 0 Å². The highest BCUT2D eigenvalue weighted by molar-refractivity contribution is 5.94. The summed E-state index contributed by atoms with van der Waals surface area (Å²) >= 11 is 0. The third-order valence-electron chi connectivity index (χ3n) is 4.96. The smallest absolute Gasteiger partial charge is 0.282 e. The van der Waals surface area contributed by atoms with E-state index in [0.29, 0.717) is 25.3 Å². The molecule has 1 aromatic heterocycles. The number of imidazole rings is 1. The van der Waals surface area contributed by atoms with E-state index >= 15 is 0 Å². The topological polar surface area (TPSA) is 41.4 Å². The van der Waals surface area contributed by atoms with Crippen LogP contribution < -0.4 is 0 Å². The van der Waals surface area contributed by atoms with Crippen LogP contribution in [0.15, 0.2) is 0 Å². The number of carbonyl (C=O) groups excluding carboxylic acids is 1. The molecule has 0 N–H and O–H groups in total. The van der Waals surface area contributed by atoms with Crippen molar-refractivity contribution < 1.29 is 13.6 Å². The Kier molecular flexibility index (Phi) is 4.66. The van der Waals surface area contributed by atoms with Crippen molar-refractivity contribution >= 4 is 5.91 Å². The number of fused-ring (bicyclic) bond motifs is 1. The molecule has 2 aliphatic heterocycles. The number of rotatable bonds is 2. The lowest BCUT2D eigenvalue weighted by Crippen LogP contribution is -2.41. The Morgan fingerprint density at radius 1 is 1.22 bits per heavy atom. The molecule has 3 rings (SSSR count). The lowest BCUT2D eigenvalue weighted by Gasteiger charge is -2.28. The highest BCUT2D eigenvalue weighted by Crippen LogP contribution is 2.29.